The average Bonchev–Trinajstić information content (AvgIpc) is 2.41. The van der Waals surface area contributed by atoms with Gasteiger partial charge in [-0.1, -0.05) is 0 Å². The van der Waals surface area contributed by atoms with Crippen molar-refractivity contribution in [1.29, 1.82) is 0 Å². The summed E-state index contributed by atoms with van der Waals surface area (Å²) in [6.07, 6.45) is 0. The van der Waals surface area contributed by atoms with Gasteiger partial charge >= 0.3 is 0 Å². The topological polar surface area (TPSA) is 93.5 Å². The van der Waals surface area contributed by atoms with Crippen molar-refractivity contribution in [2.75, 3.05) is 26.0 Å². The Hall–Kier alpha value is -2.15. The van der Waals surface area contributed by atoms with Gasteiger partial charge in [0.25, 0.3) is 5.91 Å². The molecule has 0 saturated heterocycles. The Balaban J connectivity index is 2.56. The molecule has 1 rings (SSSR count). The predicted octanol–water partition coefficient (Wildman–Crippen LogP) is 0.289. The monoisotopic (exact) mass is 283 g/mol. The smallest absolute Gasteiger partial charge is 0.252 e. The van der Waals surface area contributed by atoms with Crippen LogP contribution in [0.5, 0.6) is 0 Å². The van der Waals surface area contributed by atoms with Crippen LogP contribution in [0, 0.1) is 5.82 Å². The van der Waals surface area contributed by atoms with Gasteiger partial charge in [-0.2, -0.15) is 0 Å². The van der Waals surface area contributed by atoms with E-state index < -0.39 is 17.8 Å². The molecule has 110 valence electrons. The van der Waals surface area contributed by atoms with Crippen LogP contribution in [-0.4, -0.2) is 38.1 Å². The molecule has 1 unspecified atom stereocenters. The second-order valence-electron chi connectivity index (χ2n) is 4.22. The molecule has 1 atom stereocenters. The normalized spacial score (nSPS) is 11.8. The van der Waals surface area contributed by atoms with E-state index >= 15 is 0 Å². The molecule has 0 aliphatic rings. The standard InChI is InChI=1S/C13H18FN3O3/c1-8(12(18)16-5-6-20-2)17-13(19)9-3-4-11(15)10(14)7-9/h3-4,7-8H,5-6,15H2,1-2H3,(H,16,18)(H,17,19). The molecule has 0 fully saturated rings. The molecule has 1 aromatic rings. The van der Waals surface area contributed by atoms with Gasteiger partial charge in [-0.25, -0.2) is 4.39 Å². The number of carbonyl (C=O) groups is 2. The zero-order chi connectivity index (χ0) is 15.1. The summed E-state index contributed by atoms with van der Waals surface area (Å²) < 4.78 is 18.0. The van der Waals surface area contributed by atoms with Gasteiger partial charge < -0.3 is 21.1 Å². The summed E-state index contributed by atoms with van der Waals surface area (Å²) in [5.74, 6) is -1.56. The van der Waals surface area contributed by atoms with Crippen LogP contribution in [0.2, 0.25) is 0 Å². The number of amides is 2. The highest BCUT2D eigenvalue weighted by atomic mass is 19.1. The highest BCUT2D eigenvalue weighted by molar-refractivity contribution is 5.97. The van der Waals surface area contributed by atoms with Crippen LogP contribution in [0.15, 0.2) is 18.2 Å². The first-order valence-electron chi connectivity index (χ1n) is 6.08. The van der Waals surface area contributed by atoms with Crippen LogP contribution in [0.4, 0.5) is 10.1 Å². The molecule has 0 aliphatic heterocycles. The molecule has 20 heavy (non-hydrogen) atoms. The molecule has 6 nitrogen and oxygen atoms in total. The van der Waals surface area contributed by atoms with Crippen molar-refractivity contribution >= 4 is 17.5 Å². The number of benzene rings is 1. The van der Waals surface area contributed by atoms with Gasteiger partial charge in [0.05, 0.1) is 12.3 Å². The quantitative estimate of drug-likeness (QED) is 0.516. The zero-order valence-electron chi connectivity index (χ0n) is 11.4. The lowest BCUT2D eigenvalue weighted by Gasteiger charge is -2.14. The minimum absolute atomic E-state index is 0.0353. The fraction of sp³-hybridized carbons (Fsp3) is 0.385. The van der Waals surface area contributed by atoms with Crippen LogP contribution in [-0.2, 0) is 9.53 Å². The minimum atomic E-state index is -0.736. The number of nitrogens with two attached hydrogens (primary N) is 1. The Bertz CT molecular complexity index is 494. The van der Waals surface area contributed by atoms with Crippen LogP contribution in [0.1, 0.15) is 17.3 Å². The second-order valence-corrected chi connectivity index (χ2v) is 4.22. The summed E-state index contributed by atoms with van der Waals surface area (Å²) >= 11 is 0. The SMILES string of the molecule is COCCNC(=O)C(C)NC(=O)c1ccc(N)c(F)c1. The molecular formula is C13H18FN3O3. The highest BCUT2D eigenvalue weighted by Gasteiger charge is 2.16. The highest BCUT2D eigenvalue weighted by Crippen LogP contribution is 2.11. The largest absolute Gasteiger partial charge is 0.396 e. The fourth-order valence-electron chi connectivity index (χ4n) is 1.44. The van der Waals surface area contributed by atoms with E-state index in [4.69, 9.17) is 10.5 Å². The number of carbonyl (C=O) groups excluding carboxylic acids is 2. The maximum absolute atomic E-state index is 13.2. The lowest BCUT2D eigenvalue weighted by Crippen LogP contribution is -2.45. The van der Waals surface area contributed by atoms with Gasteiger partial charge in [0, 0.05) is 19.2 Å². The van der Waals surface area contributed by atoms with Crippen molar-refractivity contribution in [3.8, 4) is 0 Å². The Kier molecular flexibility index (Phi) is 5.92. The molecule has 0 aliphatic carbocycles. The molecule has 0 radical (unpaired) electrons. The number of methoxy groups -OCH3 is 1. The molecular weight excluding hydrogens is 265 g/mol. The average molecular weight is 283 g/mol. The Morgan fingerprint density at radius 1 is 1.45 bits per heavy atom. The first kappa shape index (κ1) is 15.9. The molecule has 4 N–H and O–H groups in total. The number of nitrogens with one attached hydrogen (secondary N) is 2. The van der Waals surface area contributed by atoms with Crippen LogP contribution in [0.25, 0.3) is 0 Å². The molecule has 0 aromatic heterocycles. The number of ether oxygens (including phenoxy) is 1. The number of anilines is 1. The number of rotatable bonds is 6. The Morgan fingerprint density at radius 2 is 2.15 bits per heavy atom. The maximum Gasteiger partial charge on any atom is 0.252 e. The van der Waals surface area contributed by atoms with Crippen LogP contribution in [0.3, 0.4) is 0 Å². The van der Waals surface area contributed by atoms with E-state index in [1.54, 1.807) is 0 Å². The molecule has 0 heterocycles. The molecule has 0 spiro atoms. The fourth-order valence-corrected chi connectivity index (χ4v) is 1.44. The maximum atomic E-state index is 13.2. The summed E-state index contributed by atoms with van der Waals surface area (Å²) in [6.45, 7) is 2.27. The van der Waals surface area contributed by atoms with Gasteiger partial charge in [-0.3, -0.25) is 9.59 Å². The third-order valence-corrected chi connectivity index (χ3v) is 2.61. The third kappa shape index (κ3) is 4.51. The van der Waals surface area contributed by atoms with Crippen molar-refractivity contribution in [2.24, 2.45) is 0 Å². The number of nitrogen functional groups attached to an aromatic ring is 1. The molecule has 0 bridgehead atoms. The van der Waals surface area contributed by atoms with E-state index in [2.05, 4.69) is 10.6 Å². The first-order chi connectivity index (χ1) is 9.45. The second kappa shape index (κ2) is 7.44. The van der Waals surface area contributed by atoms with E-state index in [-0.39, 0.29) is 17.2 Å². The van der Waals surface area contributed by atoms with Crippen molar-refractivity contribution in [3.05, 3.63) is 29.6 Å². The predicted molar refractivity (Wildman–Crippen MR) is 72.6 cm³/mol. The number of hydrogen-bond acceptors (Lipinski definition) is 4. The summed E-state index contributed by atoms with van der Waals surface area (Å²) in [4.78, 5) is 23.5. The lowest BCUT2D eigenvalue weighted by atomic mass is 10.1. The van der Waals surface area contributed by atoms with Gasteiger partial charge in [0.1, 0.15) is 11.9 Å². The van der Waals surface area contributed by atoms with Crippen molar-refractivity contribution in [2.45, 2.75) is 13.0 Å². The van der Waals surface area contributed by atoms with E-state index in [1.807, 2.05) is 0 Å². The number of halogens is 1. The molecule has 0 saturated carbocycles. The summed E-state index contributed by atoms with van der Waals surface area (Å²) in [5.41, 5.74) is 5.39. The Morgan fingerprint density at radius 3 is 2.75 bits per heavy atom. The minimum Gasteiger partial charge on any atom is -0.396 e. The first-order valence-corrected chi connectivity index (χ1v) is 6.08. The van der Waals surface area contributed by atoms with E-state index in [1.165, 1.54) is 26.2 Å². The van der Waals surface area contributed by atoms with Crippen LogP contribution < -0.4 is 16.4 Å². The molecule has 1 aromatic carbocycles. The van der Waals surface area contributed by atoms with Crippen molar-refractivity contribution < 1.29 is 18.7 Å². The molecule has 2 amide bonds. The van der Waals surface area contributed by atoms with Gasteiger partial charge in [0.15, 0.2) is 0 Å². The van der Waals surface area contributed by atoms with Gasteiger partial charge in [-0.15, -0.1) is 0 Å². The molecule has 7 heteroatoms. The third-order valence-electron chi connectivity index (χ3n) is 2.61. The van der Waals surface area contributed by atoms with E-state index in [0.717, 1.165) is 6.07 Å². The zero-order valence-corrected chi connectivity index (χ0v) is 11.4. The summed E-state index contributed by atoms with van der Waals surface area (Å²) in [6, 6.07) is 2.98. The Labute approximate surface area is 116 Å². The van der Waals surface area contributed by atoms with Crippen molar-refractivity contribution in [1.82, 2.24) is 10.6 Å². The lowest BCUT2D eigenvalue weighted by molar-refractivity contribution is -0.122. The van der Waals surface area contributed by atoms with Gasteiger partial charge in [-0.05, 0) is 25.1 Å². The van der Waals surface area contributed by atoms with Crippen LogP contribution >= 0.6 is 0 Å². The van der Waals surface area contributed by atoms with E-state index in [0.29, 0.717) is 13.2 Å². The summed E-state index contributed by atoms with van der Waals surface area (Å²) in [7, 11) is 1.52. The van der Waals surface area contributed by atoms with E-state index in [9.17, 15) is 14.0 Å². The van der Waals surface area contributed by atoms with Crippen molar-refractivity contribution in [3.63, 3.8) is 0 Å². The van der Waals surface area contributed by atoms with Gasteiger partial charge in [0.2, 0.25) is 5.91 Å². The number of hydrogen-bond donors (Lipinski definition) is 3. The summed E-state index contributed by atoms with van der Waals surface area (Å²) in [5, 5.41) is 5.06.